The average Bonchev–Trinajstić information content (AvgIpc) is 3.30. The fourth-order valence-corrected chi connectivity index (χ4v) is 5.85. The maximum atomic E-state index is 10.9. The number of nitrogens with zero attached hydrogens (tertiary/aromatic N) is 5. The Morgan fingerprint density at radius 3 is 2.46 bits per heavy atom. The van der Waals surface area contributed by atoms with E-state index >= 15 is 0 Å². The van der Waals surface area contributed by atoms with Gasteiger partial charge in [0.15, 0.2) is 0 Å². The highest BCUT2D eigenvalue weighted by Crippen LogP contribution is 2.32. The minimum absolute atomic E-state index is 0.0361. The molecule has 1 aliphatic rings. The van der Waals surface area contributed by atoms with E-state index in [1.165, 1.54) is 11.3 Å². The van der Waals surface area contributed by atoms with Gasteiger partial charge >= 0.3 is 0 Å². The van der Waals surface area contributed by atoms with Crippen molar-refractivity contribution in [1.82, 2.24) is 19.9 Å². The van der Waals surface area contributed by atoms with E-state index in [-0.39, 0.29) is 11.9 Å². The van der Waals surface area contributed by atoms with Gasteiger partial charge in [-0.1, -0.05) is 42.2 Å². The molecular formula is C27H29N5O3S2. The van der Waals surface area contributed by atoms with Gasteiger partial charge in [-0.3, -0.25) is 0 Å². The summed E-state index contributed by atoms with van der Waals surface area (Å²) in [5.74, 6) is 1.23. The number of thiazole rings is 1. The van der Waals surface area contributed by atoms with Crippen LogP contribution in [-0.2, 0) is 16.5 Å². The number of ether oxygens (including phenoxy) is 1. The molecule has 192 valence electrons. The van der Waals surface area contributed by atoms with Crippen LogP contribution in [0.2, 0.25) is 0 Å². The normalized spacial score (nSPS) is 15.3. The molecule has 0 spiro atoms. The standard InChI is InChI=1S/C27H29N5O3S2/c1-17(2)22-14-28-26(29-15-22)32-12-10-20(11-13-32)18(3)35-27-31-24-9-8-23(30-25(24)36-27)21-6-4-19(5-7-21)16-37(33)34/h4-9,14-15,18,20,37H,1,10-13,16H2,2-3H3. The van der Waals surface area contributed by atoms with E-state index in [0.717, 1.165) is 70.2 Å². The highest BCUT2D eigenvalue weighted by atomic mass is 32.2. The van der Waals surface area contributed by atoms with Gasteiger partial charge < -0.3 is 9.64 Å². The molecule has 0 bridgehead atoms. The molecule has 0 saturated carbocycles. The van der Waals surface area contributed by atoms with Crippen LogP contribution >= 0.6 is 11.3 Å². The molecule has 1 atom stereocenters. The van der Waals surface area contributed by atoms with Crippen molar-refractivity contribution in [1.29, 1.82) is 0 Å². The van der Waals surface area contributed by atoms with Crippen molar-refractivity contribution < 1.29 is 13.2 Å². The van der Waals surface area contributed by atoms with Gasteiger partial charge in [0, 0.05) is 36.6 Å². The number of anilines is 1. The fourth-order valence-electron chi connectivity index (χ4n) is 4.47. The molecule has 0 N–H and O–H groups in total. The lowest BCUT2D eigenvalue weighted by Gasteiger charge is -2.34. The van der Waals surface area contributed by atoms with Crippen molar-refractivity contribution in [3.05, 3.63) is 66.5 Å². The third kappa shape index (κ3) is 5.97. The Balaban J connectivity index is 1.20. The molecule has 1 unspecified atom stereocenters. The van der Waals surface area contributed by atoms with Crippen molar-refractivity contribution in [3.8, 4) is 16.5 Å². The van der Waals surface area contributed by atoms with Gasteiger partial charge in [-0.05, 0) is 55.9 Å². The molecule has 10 heteroatoms. The summed E-state index contributed by atoms with van der Waals surface area (Å²) in [6.07, 6.45) is 5.70. The number of allylic oxidation sites excluding steroid dienone is 1. The number of hydrogen-bond donors (Lipinski definition) is 1. The maximum Gasteiger partial charge on any atom is 0.276 e. The largest absolute Gasteiger partial charge is 0.467 e. The van der Waals surface area contributed by atoms with Crippen LogP contribution in [0.1, 0.15) is 37.8 Å². The zero-order valence-electron chi connectivity index (χ0n) is 20.8. The average molecular weight is 536 g/mol. The Hall–Kier alpha value is -3.37. The molecule has 3 aromatic heterocycles. The van der Waals surface area contributed by atoms with Crippen molar-refractivity contribution in [3.63, 3.8) is 0 Å². The van der Waals surface area contributed by atoms with Crippen molar-refractivity contribution in [2.24, 2.45) is 5.92 Å². The molecule has 8 nitrogen and oxygen atoms in total. The molecule has 0 radical (unpaired) electrons. The molecule has 4 heterocycles. The van der Waals surface area contributed by atoms with Gasteiger partial charge in [0.05, 0.1) is 11.4 Å². The second-order valence-corrected chi connectivity index (χ2v) is 11.3. The number of fused-ring (bicyclic) bond motifs is 1. The van der Waals surface area contributed by atoms with Gasteiger partial charge in [0.2, 0.25) is 5.95 Å². The Bertz CT molecular complexity index is 1470. The van der Waals surface area contributed by atoms with Crippen LogP contribution in [0.25, 0.3) is 27.2 Å². The first kappa shape index (κ1) is 25.3. The molecule has 4 aromatic rings. The molecule has 1 saturated heterocycles. The van der Waals surface area contributed by atoms with Crippen LogP contribution in [0, 0.1) is 5.92 Å². The first-order chi connectivity index (χ1) is 17.9. The zero-order valence-corrected chi connectivity index (χ0v) is 22.5. The summed E-state index contributed by atoms with van der Waals surface area (Å²) in [4.78, 5) is 21.5. The Kier molecular flexibility index (Phi) is 7.48. The fraction of sp³-hybridized carbons (Fsp3) is 0.333. The number of piperidine rings is 1. The number of aromatic nitrogens is 4. The van der Waals surface area contributed by atoms with Crippen LogP contribution in [0.3, 0.4) is 0 Å². The summed E-state index contributed by atoms with van der Waals surface area (Å²) in [5, 5.41) is 0.628. The summed E-state index contributed by atoms with van der Waals surface area (Å²) < 4.78 is 28.2. The van der Waals surface area contributed by atoms with Gasteiger partial charge in [-0.2, -0.15) is 0 Å². The van der Waals surface area contributed by atoms with E-state index < -0.39 is 10.7 Å². The van der Waals surface area contributed by atoms with Crippen LogP contribution in [-0.4, -0.2) is 47.5 Å². The predicted octanol–water partition coefficient (Wildman–Crippen LogP) is 4.98. The molecule has 37 heavy (non-hydrogen) atoms. The molecular weight excluding hydrogens is 506 g/mol. The Morgan fingerprint density at radius 1 is 1.11 bits per heavy atom. The van der Waals surface area contributed by atoms with Crippen LogP contribution in [0.5, 0.6) is 5.19 Å². The smallest absolute Gasteiger partial charge is 0.276 e. The number of thiol groups is 1. The van der Waals surface area contributed by atoms with E-state index in [1.54, 1.807) is 0 Å². The lowest BCUT2D eigenvalue weighted by atomic mass is 9.92. The third-order valence-corrected chi connectivity index (χ3v) is 8.18. The van der Waals surface area contributed by atoms with E-state index in [0.29, 0.717) is 11.1 Å². The summed E-state index contributed by atoms with van der Waals surface area (Å²) in [6, 6.07) is 11.3. The summed E-state index contributed by atoms with van der Waals surface area (Å²) in [7, 11) is -2.44. The number of benzene rings is 1. The van der Waals surface area contributed by atoms with Gasteiger partial charge in [-0.15, -0.1) is 0 Å². The van der Waals surface area contributed by atoms with Crippen molar-refractivity contribution >= 4 is 43.9 Å². The molecule has 1 aliphatic heterocycles. The molecule has 5 rings (SSSR count). The summed E-state index contributed by atoms with van der Waals surface area (Å²) >= 11 is 1.45. The molecule has 1 aromatic carbocycles. The molecule has 0 amide bonds. The van der Waals surface area contributed by atoms with Crippen LogP contribution in [0.15, 0.2) is 55.4 Å². The minimum Gasteiger partial charge on any atom is -0.467 e. The summed E-state index contributed by atoms with van der Waals surface area (Å²) in [5.41, 5.74) is 5.25. The van der Waals surface area contributed by atoms with Crippen LogP contribution < -0.4 is 9.64 Å². The first-order valence-electron chi connectivity index (χ1n) is 12.2. The second-order valence-electron chi connectivity index (χ2n) is 9.39. The first-order valence-corrected chi connectivity index (χ1v) is 14.4. The lowest BCUT2D eigenvalue weighted by Crippen LogP contribution is -2.39. The summed E-state index contributed by atoms with van der Waals surface area (Å²) in [6.45, 7) is 9.78. The molecule has 0 aliphatic carbocycles. The maximum absolute atomic E-state index is 10.9. The number of hydrogen-bond acceptors (Lipinski definition) is 9. The van der Waals surface area contributed by atoms with E-state index in [9.17, 15) is 8.42 Å². The Labute approximate surface area is 222 Å². The quantitative estimate of drug-likeness (QED) is 0.316. The highest BCUT2D eigenvalue weighted by Gasteiger charge is 2.27. The van der Waals surface area contributed by atoms with Gasteiger partial charge in [0.1, 0.15) is 27.2 Å². The lowest BCUT2D eigenvalue weighted by molar-refractivity contribution is 0.132. The van der Waals surface area contributed by atoms with Gasteiger partial charge in [-0.25, -0.2) is 28.4 Å². The topological polar surface area (TPSA) is 98.2 Å². The monoisotopic (exact) mass is 535 g/mol. The van der Waals surface area contributed by atoms with E-state index in [1.807, 2.05) is 55.7 Å². The number of rotatable bonds is 8. The SMILES string of the molecule is C=C(C)c1cnc(N2CCC(C(C)Oc3nc4ccc(-c5ccc(C[SH](=O)=O)cc5)nc4s3)CC2)nc1. The van der Waals surface area contributed by atoms with Gasteiger partial charge in [0.25, 0.3) is 5.19 Å². The highest BCUT2D eigenvalue weighted by molar-refractivity contribution is 7.71. The molecule has 1 fully saturated rings. The third-order valence-electron chi connectivity index (χ3n) is 6.70. The Morgan fingerprint density at radius 2 is 1.81 bits per heavy atom. The zero-order chi connectivity index (χ0) is 25.9. The van der Waals surface area contributed by atoms with Crippen LogP contribution in [0.4, 0.5) is 5.95 Å². The van der Waals surface area contributed by atoms with E-state index in [4.69, 9.17) is 9.72 Å². The van der Waals surface area contributed by atoms with Crippen molar-refractivity contribution in [2.75, 3.05) is 18.0 Å². The van der Waals surface area contributed by atoms with E-state index in [2.05, 4.69) is 33.4 Å². The van der Waals surface area contributed by atoms with Crippen molar-refractivity contribution in [2.45, 2.75) is 38.5 Å². The predicted molar refractivity (Wildman–Crippen MR) is 149 cm³/mol. The second kappa shape index (κ2) is 10.9. The minimum atomic E-state index is -2.44. The number of pyridine rings is 1.